The van der Waals surface area contributed by atoms with E-state index in [0.717, 1.165) is 5.82 Å². The van der Waals surface area contributed by atoms with Crippen LogP contribution in [0.3, 0.4) is 0 Å². The molecular weight excluding hydrogens is 168 g/mol. The zero-order valence-corrected chi connectivity index (χ0v) is 7.66. The zero-order valence-electron chi connectivity index (χ0n) is 7.66. The number of hydrogen-bond acceptors (Lipinski definition) is 5. The molecule has 3 N–H and O–H groups in total. The van der Waals surface area contributed by atoms with Crippen molar-refractivity contribution in [3.8, 4) is 0 Å². The average Bonchev–Trinajstić information content (AvgIpc) is 2.83. The van der Waals surface area contributed by atoms with E-state index in [2.05, 4.69) is 15.5 Å². The molecule has 1 aromatic rings. The third-order valence-electron chi connectivity index (χ3n) is 1.96. The average molecular weight is 182 g/mol. The summed E-state index contributed by atoms with van der Waals surface area (Å²) in [4.78, 5) is 4.20. The van der Waals surface area contributed by atoms with Crippen molar-refractivity contribution >= 4 is 6.01 Å². The van der Waals surface area contributed by atoms with Crippen molar-refractivity contribution in [2.75, 3.05) is 11.9 Å². The summed E-state index contributed by atoms with van der Waals surface area (Å²) >= 11 is 0. The highest BCUT2D eigenvalue weighted by atomic mass is 16.5. The second-order valence-corrected chi connectivity index (χ2v) is 3.59. The fraction of sp³-hybridized carbons (Fsp3) is 0.750. The smallest absolute Gasteiger partial charge is 0.321 e. The van der Waals surface area contributed by atoms with Crippen molar-refractivity contribution in [3.05, 3.63) is 5.82 Å². The first-order valence-electron chi connectivity index (χ1n) is 4.59. The maximum Gasteiger partial charge on any atom is 0.321 e. The molecule has 0 bridgehead atoms. The van der Waals surface area contributed by atoms with Gasteiger partial charge in [0, 0.05) is 18.5 Å². The number of nitrogens with one attached hydrogen (secondary N) is 1. The summed E-state index contributed by atoms with van der Waals surface area (Å²) in [6.07, 6.45) is 2.37. The summed E-state index contributed by atoms with van der Waals surface area (Å²) in [5.74, 6) is 1.36. The van der Waals surface area contributed by atoms with E-state index in [0.29, 0.717) is 18.5 Å². The van der Waals surface area contributed by atoms with Crippen molar-refractivity contribution < 1.29 is 4.52 Å². The van der Waals surface area contributed by atoms with Crippen LogP contribution in [0.2, 0.25) is 0 Å². The summed E-state index contributed by atoms with van der Waals surface area (Å²) in [6, 6.07) is 0.579. The van der Waals surface area contributed by atoms with Crippen molar-refractivity contribution in [2.45, 2.75) is 31.7 Å². The van der Waals surface area contributed by atoms with Crippen LogP contribution in [0.1, 0.15) is 31.5 Å². The van der Waals surface area contributed by atoms with Gasteiger partial charge in [0.05, 0.1) is 0 Å². The number of hydrogen-bond donors (Lipinski definition) is 2. The van der Waals surface area contributed by atoms with Gasteiger partial charge >= 0.3 is 6.01 Å². The third kappa shape index (κ3) is 2.18. The summed E-state index contributed by atoms with van der Waals surface area (Å²) in [5, 5.41) is 6.85. The molecule has 1 fully saturated rings. The lowest BCUT2D eigenvalue weighted by Crippen LogP contribution is -2.25. The predicted molar refractivity (Wildman–Crippen MR) is 48.4 cm³/mol. The number of rotatable bonds is 4. The first kappa shape index (κ1) is 8.50. The molecule has 1 atom stereocenters. The summed E-state index contributed by atoms with van der Waals surface area (Å²) < 4.78 is 4.99. The van der Waals surface area contributed by atoms with Gasteiger partial charge in [0.15, 0.2) is 5.82 Å². The molecule has 72 valence electrons. The molecule has 0 aliphatic heterocycles. The van der Waals surface area contributed by atoms with Crippen LogP contribution in [0, 0.1) is 0 Å². The molecule has 5 nitrogen and oxygen atoms in total. The highest BCUT2D eigenvalue weighted by Gasteiger charge is 2.28. The Bertz CT molecular complexity index is 279. The highest BCUT2D eigenvalue weighted by Crippen LogP contribution is 2.38. The standard InChI is InChI=1S/C8H14N4O/c1-5(9)4-10-8-11-7(12-13-8)6-2-3-6/h5-6H,2-4,9H2,1H3,(H,10,11,12). The highest BCUT2D eigenvalue weighted by molar-refractivity contribution is 5.20. The van der Waals surface area contributed by atoms with E-state index in [9.17, 15) is 0 Å². The first-order valence-corrected chi connectivity index (χ1v) is 4.59. The van der Waals surface area contributed by atoms with Crippen LogP contribution < -0.4 is 11.1 Å². The molecule has 0 saturated heterocycles. The Kier molecular flexibility index (Phi) is 2.18. The lowest BCUT2D eigenvalue weighted by atomic mass is 10.4. The topological polar surface area (TPSA) is 77.0 Å². The van der Waals surface area contributed by atoms with Gasteiger partial charge in [-0.15, -0.1) is 0 Å². The molecule has 0 spiro atoms. The molecule has 1 saturated carbocycles. The van der Waals surface area contributed by atoms with Gasteiger partial charge in [0.25, 0.3) is 0 Å². The van der Waals surface area contributed by atoms with E-state index in [1.807, 2.05) is 6.92 Å². The molecule has 2 rings (SSSR count). The summed E-state index contributed by atoms with van der Waals surface area (Å²) in [5.41, 5.74) is 5.57. The Hall–Kier alpha value is -1.10. The van der Waals surface area contributed by atoms with Crippen LogP contribution in [0.25, 0.3) is 0 Å². The van der Waals surface area contributed by atoms with Crippen molar-refractivity contribution in [1.82, 2.24) is 10.1 Å². The Morgan fingerprint density at radius 3 is 3.08 bits per heavy atom. The van der Waals surface area contributed by atoms with Crippen molar-refractivity contribution in [2.24, 2.45) is 5.73 Å². The zero-order chi connectivity index (χ0) is 9.26. The number of nitrogens with two attached hydrogens (primary N) is 1. The Morgan fingerprint density at radius 2 is 2.46 bits per heavy atom. The Labute approximate surface area is 76.7 Å². The van der Waals surface area contributed by atoms with Gasteiger partial charge in [0.1, 0.15) is 0 Å². The van der Waals surface area contributed by atoms with E-state index in [4.69, 9.17) is 10.3 Å². The van der Waals surface area contributed by atoms with Crippen LogP contribution in [-0.4, -0.2) is 22.7 Å². The lowest BCUT2D eigenvalue weighted by molar-refractivity contribution is 0.422. The molecular formula is C8H14N4O. The van der Waals surface area contributed by atoms with E-state index >= 15 is 0 Å². The Balaban J connectivity index is 1.89. The quantitative estimate of drug-likeness (QED) is 0.717. The third-order valence-corrected chi connectivity index (χ3v) is 1.96. The molecule has 5 heteroatoms. The molecule has 0 aromatic carbocycles. The number of anilines is 1. The maximum atomic E-state index is 5.57. The van der Waals surface area contributed by atoms with E-state index < -0.39 is 0 Å². The van der Waals surface area contributed by atoms with E-state index in [-0.39, 0.29) is 6.04 Å². The largest absolute Gasteiger partial charge is 0.336 e. The SMILES string of the molecule is CC(N)CNc1nc(C2CC2)no1. The molecule has 0 radical (unpaired) electrons. The van der Waals surface area contributed by atoms with Gasteiger partial charge < -0.3 is 15.6 Å². The van der Waals surface area contributed by atoms with Crippen LogP contribution >= 0.6 is 0 Å². The normalized spacial score (nSPS) is 18.6. The number of aromatic nitrogens is 2. The fourth-order valence-electron chi connectivity index (χ4n) is 1.06. The van der Waals surface area contributed by atoms with Gasteiger partial charge in [-0.05, 0) is 19.8 Å². The molecule has 1 unspecified atom stereocenters. The summed E-state index contributed by atoms with van der Waals surface area (Å²) in [6.45, 7) is 2.58. The monoisotopic (exact) mass is 182 g/mol. The van der Waals surface area contributed by atoms with Crippen LogP contribution in [0.4, 0.5) is 6.01 Å². The maximum absolute atomic E-state index is 5.57. The Morgan fingerprint density at radius 1 is 1.69 bits per heavy atom. The minimum absolute atomic E-state index is 0.0938. The van der Waals surface area contributed by atoms with Crippen molar-refractivity contribution in [3.63, 3.8) is 0 Å². The molecule has 1 heterocycles. The molecule has 0 amide bonds. The predicted octanol–water partition coefficient (Wildman–Crippen LogP) is 0.706. The van der Waals surface area contributed by atoms with E-state index in [1.165, 1.54) is 12.8 Å². The minimum atomic E-state index is 0.0938. The van der Waals surface area contributed by atoms with Crippen LogP contribution in [0.15, 0.2) is 4.52 Å². The van der Waals surface area contributed by atoms with Crippen LogP contribution in [-0.2, 0) is 0 Å². The van der Waals surface area contributed by atoms with Gasteiger partial charge in [-0.25, -0.2) is 0 Å². The molecule has 1 aliphatic carbocycles. The molecule has 13 heavy (non-hydrogen) atoms. The van der Waals surface area contributed by atoms with E-state index in [1.54, 1.807) is 0 Å². The second kappa shape index (κ2) is 3.33. The second-order valence-electron chi connectivity index (χ2n) is 3.59. The van der Waals surface area contributed by atoms with Crippen molar-refractivity contribution in [1.29, 1.82) is 0 Å². The molecule has 1 aliphatic rings. The first-order chi connectivity index (χ1) is 6.25. The van der Waals surface area contributed by atoms with Gasteiger partial charge in [-0.3, -0.25) is 0 Å². The van der Waals surface area contributed by atoms with Gasteiger partial charge in [-0.2, -0.15) is 4.98 Å². The minimum Gasteiger partial charge on any atom is -0.336 e. The van der Waals surface area contributed by atoms with Crippen LogP contribution in [0.5, 0.6) is 0 Å². The fourth-order valence-corrected chi connectivity index (χ4v) is 1.06. The molecule has 1 aromatic heterocycles. The lowest BCUT2D eigenvalue weighted by Gasteiger charge is -2.02. The van der Waals surface area contributed by atoms with Gasteiger partial charge in [0.2, 0.25) is 0 Å². The summed E-state index contributed by atoms with van der Waals surface area (Å²) in [7, 11) is 0. The number of nitrogens with zero attached hydrogens (tertiary/aromatic N) is 2. The van der Waals surface area contributed by atoms with Gasteiger partial charge in [-0.1, -0.05) is 5.16 Å².